The summed E-state index contributed by atoms with van der Waals surface area (Å²) in [4.78, 5) is 4.35. The minimum Gasteiger partial charge on any atom is -0.433 e. The number of nitrogens with zero attached hydrogens (tertiary/aromatic N) is 1. The van der Waals surface area contributed by atoms with E-state index in [1.165, 1.54) is 0 Å². The summed E-state index contributed by atoms with van der Waals surface area (Å²) >= 11 is 7.22. The molecule has 1 heterocycles. The molecule has 0 aliphatic rings. The van der Waals surface area contributed by atoms with Crippen molar-refractivity contribution in [1.29, 1.82) is 0 Å². The molecule has 0 radical (unpaired) electrons. The number of halogens is 1. The molecular formula is C9H14ClNOS. The van der Waals surface area contributed by atoms with Gasteiger partial charge in [-0.05, 0) is 6.26 Å². The molecule has 0 saturated heterocycles. The molecule has 0 N–H and O–H groups in total. The number of hydrogen-bond acceptors (Lipinski definition) is 3. The molecule has 0 aromatic carbocycles. The third-order valence-corrected chi connectivity index (χ3v) is 2.53. The van der Waals surface area contributed by atoms with E-state index >= 15 is 0 Å². The lowest BCUT2D eigenvalue weighted by Gasteiger charge is -2.15. The molecule has 1 aromatic rings. The van der Waals surface area contributed by atoms with Crippen LogP contribution in [0.2, 0.25) is 0 Å². The SMILES string of the molecule is CSc1oc(CCl)nc1C(C)(C)C. The van der Waals surface area contributed by atoms with E-state index in [4.69, 9.17) is 16.0 Å². The smallest absolute Gasteiger partial charge is 0.210 e. The lowest BCUT2D eigenvalue weighted by Crippen LogP contribution is -2.12. The molecule has 0 spiro atoms. The number of rotatable bonds is 2. The summed E-state index contributed by atoms with van der Waals surface area (Å²) in [7, 11) is 0. The first-order valence-electron chi connectivity index (χ1n) is 4.09. The van der Waals surface area contributed by atoms with Crippen molar-refractivity contribution in [2.24, 2.45) is 0 Å². The van der Waals surface area contributed by atoms with Gasteiger partial charge in [0.2, 0.25) is 5.89 Å². The Balaban J connectivity index is 3.11. The summed E-state index contributed by atoms with van der Waals surface area (Å²) in [5.74, 6) is 0.944. The third-order valence-electron chi connectivity index (χ3n) is 1.65. The second-order valence-corrected chi connectivity index (χ2v) is 4.88. The van der Waals surface area contributed by atoms with E-state index in [1.54, 1.807) is 11.8 Å². The Bertz CT molecular complexity index is 290. The van der Waals surface area contributed by atoms with Gasteiger partial charge in [0, 0.05) is 5.41 Å². The van der Waals surface area contributed by atoms with E-state index < -0.39 is 0 Å². The van der Waals surface area contributed by atoms with Gasteiger partial charge in [-0.25, -0.2) is 4.98 Å². The monoisotopic (exact) mass is 219 g/mol. The van der Waals surface area contributed by atoms with Crippen LogP contribution in [0.1, 0.15) is 32.4 Å². The fourth-order valence-electron chi connectivity index (χ4n) is 1.02. The van der Waals surface area contributed by atoms with E-state index in [0.717, 1.165) is 10.8 Å². The molecule has 0 saturated carbocycles. The lowest BCUT2D eigenvalue weighted by molar-refractivity contribution is 0.424. The molecule has 13 heavy (non-hydrogen) atoms. The van der Waals surface area contributed by atoms with E-state index in [1.807, 2.05) is 6.26 Å². The fraction of sp³-hybridized carbons (Fsp3) is 0.667. The molecule has 0 unspecified atom stereocenters. The molecule has 0 bridgehead atoms. The highest BCUT2D eigenvalue weighted by Gasteiger charge is 2.23. The van der Waals surface area contributed by atoms with Crippen LogP contribution in [0.15, 0.2) is 9.51 Å². The van der Waals surface area contributed by atoms with Crippen molar-refractivity contribution >= 4 is 23.4 Å². The Morgan fingerprint density at radius 1 is 1.46 bits per heavy atom. The van der Waals surface area contributed by atoms with E-state index in [-0.39, 0.29) is 5.41 Å². The van der Waals surface area contributed by atoms with Gasteiger partial charge in [0.15, 0.2) is 5.09 Å². The normalized spacial score (nSPS) is 12.1. The third kappa shape index (κ3) is 2.41. The van der Waals surface area contributed by atoms with Gasteiger partial charge >= 0.3 is 0 Å². The summed E-state index contributed by atoms with van der Waals surface area (Å²) in [6.07, 6.45) is 1.98. The van der Waals surface area contributed by atoms with E-state index in [0.29, 0.717) is 11.8 Å². The maximum Gasteiger partial charge on any atom is 0.210 e. The highest BCUT2D eigenvalue weighted by Crippen LogP contribution is 2.31. The highest BCUT2D eigenvalue weighted by molar-refractivity contribution is 7.98. The highest BCUT2D eigenvalue weighted by atomic mass is 35.5. The van der Waals surface area contributed by atoms with Crippen molar-refractivity contribution in [1.82, 2.24) is 4.98 Å². The lowest BCUT2D eigenvalue weighted by atomic mass is 9.93. The van der Waals surface area contributed by atoms with Crippen LogP contribution in [-0.2, 0) is 11.3 Å². The molecule has 1 aromatic heterocycles. The van der Waals surface area contributed by atoms with Crippen LogP contribution in [0.4, 0.5) is 0 Å². The van der Waals surface area contributed by atoms with Gasteiger partial charge in [-0.3, -0.25) is 0 Å². The predicted octanol–water partition coefficient (Wildman–Crippen LogP) is 3.43. The fourth-order valence-corrected chi connectivity index (χ4v) is 1.86. The number of alkyl halides is 1. The van der Waals surface area contributed by atoms with Crippen LogP contribution in [0.25, 0.3) is 0 Å². The van der Waals surface area contributed by atoms with Gasteiger partial charge in [-0.1, -0.05) is 32.5 Å². The predicted molar refractivity (Wildman–Crippen MR) is 56.5 cm³/mol. The summed E-state index contributed by atoms with van der Waals surface area (Å²) in [5.41, 5.74) is 1.02. The Morgan fingerprint density at radius 2 is 2.08 bits per heavy atom. The molecule has 2 nitrogen and oxygen atoms in total. The number of aromatic nitrogens is 1. The average Bonchev–Trinajstić information content (AvgIpc) is 2.46. The second kappa shape index (κ2) is 3.93. The Labute approximate surface area is 88.1 Å². The van der Waals surface area contributed by atoms with Crippen LogP contribution in [0.3, 0.4) is 0 Å². The second-order valence-electron chi connectivity index (χ2n) is 3.83. The Morgan fingerprint density at radius 3 is 2.38 bits per heavy atom. The van der Waals surface area contributed by atoms with Gasteiger partial charge in [0.1, 0.15) is 0 Å². The summed E-state index contributed by atoms with van der Waals surface area (Å²) in [6, 6.07) is 0. The molecule has 1 rings (SSSR count). The van der Waals surface area contributed by atoms with Crippen LogP contribution in [-0.4, -0.2) is 11.2 Å². The number of oxazole rings is 1. The van der Waals surface area contributed by atoms with Crippen molar-refractivity contribution in [2.45, 2.75) is 37.2 Å². The van der Waals surface area contributed by atoms with Crippen LogP contribution >= 0.6 is 23.4 Å². The minimum atomic E-state index is 0.0200. The first-order chi connectivity index (χ1) is 5.99. The van der Waals surface area contributed by atoms with Crippen molar-refractivity contribution in [3.05, 3.63) is 11.6 Å². The standard InChI is InChI=1S/C9H14ClNOS/c1-9(2,3)7-8(13-4)12-6(5-10)11-7/h5H2,1-4H3. The van der Waals surface area contributed by atoms with Crippen molar-refractivity contribution < 1.29 is 4.42 Å². The largest absolute Gasteiger partial charge is 0.433 e. The van der Waals surface area contributed by atoms with Crippen LogP contribution < -0.4 is 0 Å². The quantitative estimate of drug-likeness (QED) is 0.563. The van der Waals surface area contributed by atoms with Crippen LogP contribution in [0, 0.1) is 0 Å². The average molecular weight is 220 g/mol. The maximum atomic E-state index is 5.65. The van der Waals surface area contributed by atoms with Crippen molar-refractivity contribution in [2.75, 3.05) is 6.26 Å². The first kappa shape index (κ1) is 10.9. The zero-order valence-electron chi connectivity index (χ0n) is 8.35. The van der Waals surface area contributed by atoms with E-state index in [9.17, 15) is 0 Å². The van der Waals surface area contributed by atoms with Crippen LogP contribution in [0.5, 0.6) is 0 Å². The van der Waals surface area contributed by atoms with Gasteiger partial charge in [-0.2, -0.15) is 0 Å². The maximum absolute atomic E-state index is 5.65. The summed E-state index contributed by atoms with van der Waals surface area (Å²) < 4.78 is 5.46. The molecule has 0 aliphatic carbocycles. The minimum absolute atomic E-state index is 0.0200. The molecule has 0 aliphatic heterocycles. The van der Waals surface area contributed by atoms with E-state index in [2.05, 4.69) is 25.8 Å². The van der Waals surface area contributed by atoms with Gasteiger partial charge in [0.25, 0.3) is 0 Å². The molecule has 0 fully saturated rings. The molecule has 0 atom stereocenters. The molecule has 74 valence electrons. The summed E-state index contributed by atoms with van der Waals surface area (Å²) in [5, 5.41) is 0.878. The van der Waals surface area contributed by atoms with Gasteiger partial charge in [-0.15, -0.1) is 11.6 Å². The molecule has 4 heteroatoms. The van der Waals surface area contributed by atoms with Gasteiger partial charge in [0.05, 0.1) is 11.6 Å². The summed E-state index contributed by atoms with van der Waals surface area (Å²) in [6.45, 7) is 6.34. The first-order valence-corrected chi connectivity index (χ1v) is 5.85. The Hall–Kier alpha value is -0.150. The number of hydrogen-bond donors (Lipinski definition) is 0. The zero-order valence-corrected chi connectivity index (χ0v) is 9.92. The molecule has 0 amide bonds. The topological polar surface area (TPSA) is 26.0 Å². The van der Waals surface area contributed by atoms with Crippen molar-refractivity contribution in [3.8, 4) is 0 Å². The Kier molecular flexibility index (Phi) is 3.30. The zero-order chi connectivity index (χ0) is 10.1. The van der Waals surface area contributed by atoms with Crippen molar-refractivity contribution in [3.63, 3.8) is 0 Å². The number of thioether (sulfide) groups is 1. The molecular weight excluding hydrogens is 206 g/mol. The van der Waals surface area contributed by atoms with Gasteiger partial charge < -0.3 is 4.42 Å².